The van der Waals surface area contributed by atoms with Crippen LogP contribution in [0.4, 0.5) is 0 Å². The number of ether oxygens (including phenoxy) is 2. The minimum absolute atomic E-state index is 0.402. The first-order valence-electron chi connectivity index (χ1n) is 10.3. The van der Waals surface area contributed by atoms with E-state index in [-0.39, 0.29) is 0 Å². The van der Waals surface area contributed by atoms with Gasteiger partial charge in [-0.05, 0) is 43.5 Å². The van der Waals surface area contributed by atoms with Gasteiger partial charge in [-0.3, -0.25) is 4.90 Å². The minimum atomic E-state index is 0.402. The van der Waals surface area contributed by atoms with Gasteiger partial charge in [-0.2, -0.15) is 0 Å². The second-order valence-electron chi connectivity index (χ2n) is 7.65. The summed E-state index contributed by atoms with van der Waals surface area (Å²) in [7, 11) is 1.67. The molecule has 158 valence electrons. The van der Waals surface area contributed by atoms with Gasteiger partial charge in [0.25, 0.3) is 0 Å². The molecule has 30 heavy (non-hydrogen) atoms. The van der Waals surface area contributed by atoms with E-state index in [0.29, 0.717) is 12.4 Å². The highest BCUT2D eigenvalue weighted by molar-refractivity contribution is 5.43. The Labute approximate surface area is 177 Å². The minimum Gasteiger partial charge on any atom is -0.493 e. The van der Waals surface area contributed by atoms with E-state index in [9.17, 15) is 0 Å². The van der Waals surface area contributed by atoms with Gasteiger partial charge in [-0.15, -0.1) is 0 Å². The van der Waals surface area contributed by atoms with Crippen LogP contribution in [0.15, 0.2) is 28.9 Å². The lowest BCUT2D eigenvalue weighted by Crippen LogP contribution is -2.31. The summed E-state index contributed by atoms with van der Waals surface area (Å²) >= 11 is 0. The van der Waals surface area contributed by atoms with Crippen molar-refractivity contribution in [3.63, 3.8) is 0 Å². The lowest BCUT2D eigenvalue weighted by Gasteiger charge is -2.28. The topological polar surface area (TPSA) is 73.5 Å². The van der Waals surface area contributed by atoms with Crippen molar-refractivity contribution < 1.29 is 14.0 Å². The zero-order valence-corrected chi connectivity index (χ0v) is 18.1. The molecular weight excluding hydrogens is 380 g/mol. The highest BCUT2D eigenvalue weighted by atomic mass is 16.5. The fraction of sp³-hybridized carbons (Fsp3) is 0.435. The maximum Gasteiger partial charge on any atom is 0.161 e. The quantitative estimate of drug-likeness (QED) is 0.589. The highest BCUT2D eigenvalue weighted by Gasteiger charge is 2.19. The standard InChI is InChI=1S/C23H28N4O3/c1-5-23-24-11-18-8-9-27(13-20(18)25-23)12-17-6-7-21(22(10-17)28-4)29-14-19-15(2)26-30-16(19)3/h6-7,10-11H,5,8-9,12-14H2,1-4H3. The fourth-order valence-electron chi connectivity index (χ4n) is 3.75. The fourth-order valence-corrected chi connectivity index (χ4v) is 3.75. The van der Waals surface area contributed by atoms with E-state index < -0.39 is 0 Å². The summed E-state index contributed by atoms with van der Waals surface area (Å²) in [5.41, 5.74) is 5.43. The largest absolute Gasteiger partial charge is 0.493 e. The van der Waals surface area contributed by atoms with Crippen molar-refractivity contribution in [2.75, 3.05) is 13.7 Å². The second-order valence-corrected chi connectivity index (χ2v) is 7.65. The molecule has 0 bridgehead atoms. The van der Waals surface area contributed by atoms with Crippen molar-refractivity contribution in [1.29, 1.82) is 0 Å². The third-order valence-corrected chi connectivity index (χ3v) is 5.58. The number of hydrogen-bond acceptors (Lipinski definition) is 7. The monoisotopic (exact) mass is 408 g/mol. The van der Waals surface area contributed by atoms with Crippen molar-refractivity contribution in [3.8, 4) is 11.5 Å². The molecular formula is C23H28N4O3. The molecule has 3 heterocycles. The first kappa shape index (κ1) is 20.3. The molecule has 7 nitrogen and oxygen atoms in total. The molecule has 0 fully saturated rings. The van der Waals surface area contributed by atoms with E-state index >= 15 is 0 Å². The molecule has 2 aromatic heterocycles. The summed E-state index contributed by atoms with van der Waals surface area (Å²) in [6.45, 7) is 8.98. The average molecular weight is 409 g/mol. The van der Waals surface area contributed by atoms with Crippen LogP contribution in [-0.4, -0.2) is 33.7 Å². The molecule has 4 rings (SSSR count). The summed E-state index contributed by atoms with van der Waals surface area (Å²) in [6.07, 6.45) is 3.83. The third kappa shape index (κ3) is 4.31. The number of methoxy groups -OCH3 is 1. The van der Waals surface area contributed by atoms with Crippen molar-refractivity contribution in [2.45, 2.75) is 53.3 Å². The van der Waals surface area contributed by atoms with Crippen LogP contribution in [0.5, 0.6) is 11.5 Å². The van der Waals surface area contributed by atoms with E-state index in [1.165, 1.54) is 11.1 Å². The zero-order valence-electron chi connectivity index (χ0n) is 18.1. The molecule has 0 aliphatic carbocycles. The van der Waals surface area contributed by atoms with Gasteiger partial charge in [-0.25, -0.2) is 9.97 Å². The Bertz CT molecular complexity index is 1010. The number of aryl methyl sites for hydroxylation is 3. The van der Waals surface area contributed by atoms with Gasteiger partial charge >= 0.3 is 0 Å². The van der Waals surface area contributed by atoms with Crippen LogP contribution in [0.25, 0.3) is 0 Å². The van der Waals surface area contributed by atoms with Crippen LogP contribution in [0.2, 0.25) is 0 Å². The smallest absolute Gasteiger partial charge is 0.161 e. The molecule has 3 aromatic rings. The highest BCUT2D eigenvalue weighted by Crippen LogP contribution is 2.30. The van der Waals surface area contributed by atoms with E-state index in [0.717, 1.165) is 66.8 Å². The molecule has 1 aliphatic heterocycles. The van der Waals surface area contributed by atoms with Crippen molar-refractivity contribution in [3.05, 3.63) is 64.1 Å². The van der Waals surface area contributed by atoms with Crippen molar-refractivity contribution in [2.24, 2.45) is 0 Å². The molecule has 0 radical (unpaired) electrons. The van der Waals surface area contributed by atoms with Crippen LogP contribution in [-0.2, 0) is 32.5 Å². The summed E-state index contributed by atoms with van der Waals surface area (Å²) in [6, 6.07) is 6.12. The van der Waals surface area contributed by atoms with Gasteiger partial charge in [0.2, 0.25) is 0 Å². The SMILES string of the molecule is CCc1ncc2c(n1)CN(Cc1ccc(OCc3c(C)noc3C)c(OC)c1)CC2. The molecule has 1 aliphatic rings. The molecule has 0 atom stereocenters. The Morgan fingerprint density at radius 3 is 2.80 bits per heavy atom. The Hall–Kier alpha value is -2.93. The number of hydrogen-bond donors (Lipinski definition) is 0. The van der Waals surface area contributed by atoms with Gasteiger partial charge in [-0.1, -0.05) is 18.1 Å². The van der Waals surface area contributed by atoms with Gasteiger partial charge in [0.05, 0.1) is 24.1 Å². The van der Waals surface area contributed by atoms with E-state index in [4.69, 9.17) is 19.0 Å². The molecule has 0 saturated heterocycles. The Morgan fingerprint density at radius 1 is 1.20 bits per heavy atom. The van der Waals surface area contributed by atoms with Gasteiger partial charge < -0.3 is 14.0 Å². The van der Waals surface area contributed by atoms with Crippen LogP contribution >= 0.6 is 0 Å². The van der Waals surface area contributed by atoms with E-state index in [1.807, 2.05) is 26.1 Å². The van der Waals surface area contributed by atoms with E-state index in [2.05, 4.69) is 34.1 Å². The van der Waals surface area contributed by atoms with Crippen molar-refractivity contribution in [1.82, 2.24) is 20.0 Å². The molecule has 0 N–H and O–H groups in total. The molecule has 1 aromatic carbocycles. The van der Waals surface area contributed by atoms with Crippen molar-refractivity contribution >= 4 is 0 Å². The third-order valence-electron chi connectivity index (χ3n) is 5.58. The number of aromatic nitrogens is 3. The number of rotatable bonds is 7. The normalized spacial score (nSPS) is 13.9. The maximum atomic E-state index is 6.00. The number of nitrogens with zero attached hydrogens (tertiary/aromatic N) is 4. The Balaban J connectivity index is 1.44. The summed E-state index contributed by atoms with van der Waals surface area (Å²) < 4.78 is 16.8. The summed E-state index contributed by atoms with van der Waals surface area (Å²) in [4.78, 5) is 11.6. The van der Waals surface area contributed by atoms with Crippen LogP contribution in [0.1, 0.15) is 46.6 Å². The molecule has 0 saturated carbocycles. The predicted molar refractivity (Wildman–Crippen MR) is 113 cm³/mol. The lowest BCUT2D eigenvalue weighted by atomic mass is 10.1. The zero-order chi connectivity index (χ0) is 21.1. The predicted octanol–water partition coefficient (Wildman–Crippen LogP) is 3.79. The molecule has 0 spiro atoms. The molecule has 0 unspecified atom stereocenters. The van der Waals surface area contributed by atoms with Crippen LogP contribution in [0.3, 0.4) is 0 Å². The first-order valence-corrected chi connectivity index (χ1v) is 10.3. The van der Waals surface area contributed by atoms with E-state index in [1.54, 1.807) is 7.11 Å². The number of benzene rings is 1. The lowest BCUT2D eigenvalue weighted by molar-refractivity contribution is 0.239. The van der Waals surface area contributed by atoms with Gasteiger partial charge in [0.1, 0.15) is 18.2 Å². The van der Waals surface area contributed by atoms with Gasteiger partial charge in [0.15, 0.2) is 11.5 Å². The number of fused-ring (bicyclic) bond motifs is 1. The Kier molecular flexibility index (Phi) is 5.99. The maximum absolute atomic E-state index is 6.00. The molecule has 0 amide bonds. The van der Waals surface area contributed by atoms with Crippen LogP contribution in [0, 0.1) is 13.8 Å². The molecule has 7 heteroatoms. The summed E-state index contributed by atoms with van der Waals surface area (Å²) in [5.74, 6) is 3.14. The average Bonchev–Trinajstić information content (AvgIpc) is 3.09. The summed E-state index contributed by atoms with van der Waals surface area (Å²) in [5, 5.41) is 3.98. The second kappa shape index (κ2) is 8.83. The first-order chi connectivity index (χ1) is 14.6. The van der Waals surface area contributed by atoms with Gasteiger partial charge in [0, 0.05) is 32.3 Å². The Morgan fingerprint density at radius 2 is 2.07 bits per heavy atom. The van der Waals surface area contributed by atoms with Crippen LogP contribution < -0.4 is 9.47 Å².